The fraction of sp³-hybridized carbons (Fsp3) is 0.100. The Kier molecular flexibility index (Phi) is 2.07. The summed E-state index contributed by atoms with van der Waals surface area (Å²) >= 11 is 0. The number of hydroxylamine groups is 1. The SMILES string of the molecule is NC(=O)C1=Cc2ccccc2[NH+]([O-])C1. The van der Waals surface area contributed by atoms with Gasteiger partial charge in [0.15, 0.2) is 0 Å². The van der Waals surface area contributed by atoms with Crippen molar-refractivity contribution in [3.8, 4) is 0 Å². The second-order valence-electron chi connectivity index (χ2n) is 3.22. The quantitative estimate of drug-likeness (QED) is 0.590. The van der Waals surface area contributed by atoms with Gasteiger partial charge in [0, 0.05) is 5.56 Å². The van der Waals surface area contributed by atoms with E-state index in [1.165, 1.54) is 0 Å². The highest BCUT2D eigenvalue weighted by atomic mass is 16.5. The molecule has 1 aliphatic heterocycles. The molecule has 1 unspecified atom stereocenters. The average Bonchev–Trinajstić information content (AvgIpc) is 2.17. The Hall–Kier alpha value is -1.65. The van der Waals surface area contributed by atoms with E-state index in [2.05, 4.69) is 0 Å². The predicted molar refractivity (Wildman–Crippen MR) is 52.5 cm³/mol. The summed E-state index contributed by atoms with van der Waals surface area (Å²) in [5.74, 6) is -0.521. The molecule has 72 valence electrons. The van der Waals surface area contributed by atoms with Gasteiger partial charge < -0.3 is 16.0 Å². The molecule has 1 amide bonds. The van der Waals surface area contributed by atoms with Crippen LogP contribution in [-0.4, -0.2) is 12.5 Å². The average molecular weight is 190 g/mol. The molecule has 0 aromatic heterocycles. The normalized spacial score (nSPS) is 19.8. The van der Waals surface area contributed by atoms with Crippen LogP contribution in [0.1, 0.15) is 5.56 Å². The number of hydrogen-bond donors (Lipinski definition) is 2. The van der Waals surface area contributed by atoms with Gasteiger partial charge >= 0.3 is 0 Å². The molecule has 0 radical (unpaired) electrons. The van der Waals surface area contributed by atoms with Crippen LogP contribution in [0, 0.1) is 5.21 Å². The summed E-state index contributed by atoms with van der Waals surface area (Å²) < 4.78 is 0. The number of carbonyl (C=O) groups is 1. The zero-order valence-corrected chi connectivity index (χ0v) is 7.49. The molecule has 0 saturated heterocycles. The molecule has 0 aliphatic carbocycles. The lowest BCUT2D eigenvalue weighted by atomic mass is 10.0. The molecule has 0 spiro atoms. The monoisotopic (exact) mass is 190 g/mol. The fourth-order valence-electron chi connectivity index (χ4n) is 1.54. The summed E-state index contributed by atoms with van der Waals surface area (Å²) in [5, 5.41) is 11.5. The van der Waals surface area contributed by atoms with E-state index in [1.54, 1.807) is 24.3 Å². The van der Waals surface area contributed by atoms with Gasteiger partial charge in [-0.3, -0.25) is 4.79 Å². The van der Waals surface area contributed by atoms with E-state index in [1.807, 2.05) is 6.07 Å². The predicted octanol–water partition coefficient (Wildman–Crippen LogP) is -0.417. The van der Waals surface area contributed by atoms with Crippen LogP contribution in [-0.2, 0) is 4.79 Å². The van der Waals surface area contributed by atoms with Gasteiger partial charge in [-0.2, -0.15) is 0 Å². The Morgan fingerprint density at radius 3 is 2.86 bits per heavy atom. The highest BCUT2D eigenvalue weighted by Crippen LogP contribution is 2.17. The number of benzene rings is 1. The third kappa shape index (κ3) is 1.41. The Labute approximate surface area is 81.2 Å². The summed E-state index contributed by atoms with van der Waals surface area (Å²) in [6.07, 6.45) is 1.68. The van der Waals surface area contributed by atoms with Gasteiger partial charge in [-0.25, -0.2) is 0 Å². The lowest BCUT2D eigenvalue weighted by Crippen LogP contribution is -3.03. The first-order valence-corrected chi connectivity index (χ1v) is 4.31. The van der Waals surface area contributed by atoms with Crippen LogP contribution in [0.3, 0.4) is 0 Å². The fourth-order valence-corrected chi connectivity index (χ4v) is 1.54. The number of fused-ring (bicyclic) bond motifs is 1. The van der Waals surface area contributed by atoms with Crippen LogP contribution in [0.2, 0.25) is 0 Å². The number of rotatable bonds is 1. The maximum Gasteiger partial charge on any atom is 0.250 e. The number of amides is 1. The number of primary amides is 1. The van der Waals surface area contributed by atoms with Crippen LogP contribution in [0.5, 0.6) is 0 Å². The van der Waals surface area contributed by atoms with E-state index in [9.17, 15) is 10.0 Å². The second-order valence-corrected chi connectivity index (χ2v) is 3.22. The van der Waals surface area contributed by atoms with Crippen molar-refractivity contribution in [3.05, 3.63) is 40.6 Å². The molecule has 0 fully saturated rings. The first-order chi connectivity index (χ1) is 6.68. The van der Waals surface area contributed by atoms with Gasteiger partial charge in [-0.1, -0.05) is 12.1 Å². The number of para-hydroxylation sites is 1. The van der Waals surface area contributed by atoms with Crippen LogP contribution in [0.25, 0.3) is 6.08 Å². The van der Waals surface area contributed by atoms with Crippen molar-refractivity contribution >= 4 is 17.7 Å². The Balaban J connectivity index is 2.50. The Bertz CT molecular complexity index is 412. The van der Waals surface area contributed by atoms with Crippen molar-refractivity contribution in [1.29, 1.82) is 0 Å². The minimum Gasteiger partial charge on any atom is -0.629 e. The van der Waals surface area contributed by atoms with E-state index in [4.69, 9.17) is 5.73 Å². The molecule has 1 aliphatic rings. The van der Waals surface area contributed by atoms with Gasteiger partial charge in [0.1, 0.15) is 12.2 Å². The lowest BCUT2D eigenvalue weighted by Gasteiger charge is -2.27. The van der Waals surface area contributed by atoms with Crippen LogP contribution in [0.15, 0.2) is 29.8 Å². The van der Waals surface area contributed by atoms with Gasteiger partial charge in [-0.15, -0.1) is 0 Å². The first-order valence-electron chi connectivity index (χ1n) is 4.31. The topological polar surface area (TPSA) is 70.6 Å². The van der Waals surface area contributed by atoms with E-state index in [-0.39, 0.29) is 11.6 Å². The molecule has 1 aromatic carbocycles. The van der Waals surface area contributed by atoms with Crippen molar-refractivity contribution in [3.63, 3.8) is 0 Å². The van der Waals surface area contributed by atoms with Crippen LogP contribution >= 0.6 is 0 Å². The van der Waals surface area contributed by atoms with Gasteiger partial charge in [0.25, 0.3) is 0 Å². The van der Waals surface area contributed by atoms with Crippen LogP contribution < -0.4 is 10.8 Å². The summed E-state index contributed by atoms with van der Waals surface area (Å²) in [5.41, 5.74) is 6.95. The molecule has 3 N–H and O–H groups in total. The summed E-state index contributed by atoms with van der Waals surface area (Å²) in [7, 11) is 0. The molecule has 4 nitrogen and oxygen atoms in total. The first kappa shape index (κ1) is 8.93. The number of nitrogens with one attached hydrogen (secondary N) is 1. The van der Waals surface area contributed by atoms with Crippen molar-refractivity contribution in [2.75, 3.05) is 6.54 Å². The number of hydrogen-bond acceptors (Lipinski definition) is 2. The minimum absolute atomic E-state index is 0.0445. The molecular formula is C10H10N2O2. The molecule has 0 saturated carbocycles. The van der Waals surface area contributed by atoms with Crippen molar-refractivity contribution in [2.24, 2.45) is 5.73 Å². The highest BCUT2D eigenvalue weighted by Gasteiger charge is 2.19. The molecule has 14 heavy (non-hydrogen) atoms. The van der Waals surface area contributed by atoms with Crippen molar-refractivity contribution < 1.29 is 9.86 Å². The van der Waals surface area contributed by atoms with E-state index in [0.717, 1.165) is 5.56 Å². The third-order valence-corrected chi connectivity index (χ3v) is 2.26. The summed E-state index contributed by atoms with van der Waals surface area (Å²) in [6, 6.07) is 7.19. The van der Waals surface area contributed by atoms with Crippen molar-refractivity contribution in [2.45, 2.75) is 0 Å². The molecule has 1 aromatic rings. The van der Waals surface area contributed by atoms with Crippen molar-refractivity contribution in [1.82, 2.24) is 0 Å². The molecule has 2 rings (SSSR count). The molecule has 4 heteroatoms. The van der Waals surface area contributed by atoms with Gasteiger partial charge in [0.2, 0.25) is 5.91 Å². The zero-order valence-electron chi connectivity index (χ0n) is 7.49. The minimum atomic E-state index is -0.521. The smallest absolute Gasteiger partial charge is 0.250 e. The largest absolute Gasteiger partial charge is 0.629 e. The van der Waals surface area contributed by atoms with E-state index in [0.29, 0.717) is 11.3 Å². The van der Waals surface area contributed by atoms with E-state index >= 15 is 0 Å². The van der Waals surface area contributed by atoms with E-state index < -0.39 is 5.91 Å². The third-order valence-electron chi connectivity index (χ3n) is 2.26. The number of quaternary nitrogens is 1. The number of nitrogens with two attached hydrogens (primary N) is 1. The summed E-state index contributed by atoms with van der Waals surface area (Å²) in [6.45, 7) is 0.117. The highest BCUT2D eigenvalue weighted by molar-refractivity contribution is 5.98. The van der Waals surface area contributed by atoms with Crippen LogP contribution in [0.4, 0.5) is 5.69 Å². The standard InChI is InChI=1S/C10H10N2O2/c11-10(13)8-5-7-3-1-2-4-9(7)12(14)6-8/h1-5,12H,6H2,(H2,11,13). The lowest BCUT2D eigenvalue weighted by molar-refractivity contribution is -0.770. The molecular weight excluding hydrogens is 180 g/mol. The molecule has 1 atom stereocenters. The summed E-state index contributed by atoms with van der Waals surface area (Å²) in [4.78, 5) is 10.9. The Morgan fingerprint density at radius 2 is 2.14 bits per heavy atom. The van der Waals surface area contributed by atoms with Gasteiger partial charge in [-0.05, 0) is 18.2 Å². The molecule has 1 heterocycles. The maximum absolute atomic E-state index is 11.6. The second kappa shape index (κ2) is 3.25. The van der Waals surface area contributed by atoms with Gasteiger partial charge in [0.05, 0.1) is 5.57 Å². The maximum atomic E-state index is 11.6. The molecule has 0 bridgehead atoms. The zero-order chi connectivity index (χ0) is 10.1. The Morgan fingerprint density at radius 1 is 1.43 bits per heavy atom. The number of carbonyl (C=O) groups excluding carboxylic acids is 1.